The van der Waals surface area contributed by atoms with E-state index in [0.717, 1.165) is 12.8 Å². The molecule has 0 amide bonds. The Balaban J connectivity index is 2.32. The molecule has 0 aliphatic rings. The lowest BCUT2D eigenvalue weighted by atomic mass is 10.1. The third-order valence-electron chi connectivity index (χ3n) is 2.71. The van der Waals surface area contributed by atoms with E-state index in [0.29, 0.717) is 20.8 Å². The van der Waals surface area contributed by atoms with E-state index in [-0.39, 0.29) is 0 Å². The molecule has 0 saturated heterocycles. The van der Waals surface area contributed by atoms with Crippen molar-refractivity contribution < 1.29 is 0 Å². The SMILES string of the molecule is CCCCCCCC=NNc1c(Cl)cc(Cl)cc1Cl. The Morgan fingerprint density at radius 2 is 1.68 bits per heavy atom. The number of nitrogens with one attached hydrogen (secondary N) is 1. The molecule has 0 heterocycles. The van der Waals surface area contributed by atoms with Crippen LogP contribution < -0.4 is 5.43 Å². The van der Waals surface area contributed by atoms with Gasteiger partial charge in [-0.15, -0.1) is 0 Å². The van der Waals surface area contributed by atoms with Crippen LogP contribution in [0.15, 0.2) is 17.2 Å². The van der Waals surface area contributed by atoms with Crippen molar-refractivity contribution in [1.29, 1.82) is 0 Å². The minimum absolute atomic E-state index is 0.470. The largest absolute Gasteiger partial charge is 0.276 e. The second kappa shape index (κ2) is 9.46. The van der Waals surface area contributed by atoms with Gasteiger partial charge in [-0.1, -0.05) is 67.4 Å². The second-order valence-corrected chi connectivity index (χ2v) is 5.62. The van der Waals surface area contributed by atoms with Gasteiger partial charge in [0.05, 0.1) is 15.7 Å². The Hall–Kier alpha value is -0.440. The number of hydrazone groups is 1. The lowest BCUT2D eigenvalue weighted by Crippen LogP contribution is -1.92. The Morgan fingerprint density at radius 1 is 1.05 bits per heavy atom. The number of anilines is 1. The van der Waals surface area contributed by atoms with Crippen molar-refractivity contribution in [2.75, 3.05) is 5.43 Å². The van der Waals surface area contributed by atoms with Crippen LogP contribution in [0.5, 0.6) is 0 Å². The number of benzene rings is 1. The van der Waals surface area contributed by atoms with Crippen molar-refractivity contribution in [3.8, 4) is 0 Å². The van der Waals surface area contributed by atoms with Gasteiger partial charge in [0.2, 0.25) is 0 Å². The first kappa shape index (κ1) is 16.6. The molecule has 0 aliphatic carbocycles. The molecule has 1 aromatic rings. The summed E-state index contributed by atoms with van der Waals surface area (Å²) in [5.41, 5.74) is 3.45. The molecule has 19 heavy (non-hydrogen) atoms. The van der Waals surface area contributed by atoms with Gasteiger partial charge in [0.1, 0.15) is 0 Å². The van der Waals surface area contributed by atoms with Crippen LogP contribution in [0.3, 0.4) is 0 Å². The number of hydrogen-bond donors (Lipinski definition) is 1. The van der Waals surface area contributed by atoms with E-state index in [1.54, 1.807) is 12.1 Å². The van der Waals surface area contributed by atoms with Gasteiger partial charge in [-0.05, 0) is 25.0 Å². The lowest BCUT2D eigenvalue weighted by Gasteiger charge is -2.06. The summed E-state index contributed by atoms with van der Waals surface area (Å²) >= 11 is 17.9. The van der Waals surface area contributed by atoms with Gasteiger partial charge in [0.25, 0.3) is 0 Å². The molecule has 0 atom stereocenters. The van der Waals surface area contributed by atoms with E-state index < -0.39 is 0 Å². The highest BCUT2D eigenvalue weighted by molar-refractivity contribution is 6.41. The van der Waals surface area contributed by atoms with Crippen molar-refractivity contribution in [1.82, 2.24) is 0 Å². The molecule has 0 bridgehead atoms. The smallest absolute Gasteiger partial charge is 0.0935 e. The Morgan fingerprint density at radius 3 is 2.32 bits per heavy atom. The van der Waals surface area contributed by atoms with Crippen LogP contribution >= 0.6 is 34.8 Å². The average Bonchev–Trinajstić information content (AvgIpc) is 2.35. The molecule has 0 saturated carbocycles. The first-order valence-corrected chi connectivity index (χ1v) is 7.70. The molecule has 0 fully saturated rings. The van der Waals surface area contributed by atoms with E-state index >= 15 is 0 Å². The first-order chi connectivity index (χ1) is 9.15. The summed E-state index contributed by atoms with van der Waals surface area (Å²) in [6.45, 7) is 2.21. The molecule has 0 spiro atoms. The van der Waals surface area contributed by atoms with Crippen LogP contribution in [-0.4, -0.2) is 6.21 Å². The van der Waals surface area contributed by atoms with Gasteiger partial charge in [0.15, 0.2) is 0 Å². The second-order valence-electron chi connectivity index (χ2n) is 4.37. The van der Waals surface area contributed by atoms with Gasteiger partial charge in [-0.2, -0.15) is 5.10 Å². The van der Waals surface area contributed by atoms with Crippen LogP contribution in [0.4, 0.5) is 5.69 Å². The minimum Gasteiger partial charge on any atom is -0.276 e. The van der Waals surface area contributed by atoms with E-state index in [1.807, 2.05) is 6.21 Å². The fraction of sp³-hybridized carbons (Fsp3) is 0.500. The summed E-state index contributed by atoms with van der Waals surface area (Å²) in [4.78, 5) is 0. The summed E-state index contributed by atoms with van der Waals surface area (Å²) in [6, 6.07) is 3.27. The summed E-state index contributed by atoms with van der Waals surface area (Å²) in [6.07, 6.45) is 9.10. The van der Waals surface area contributed by atoms with Crippen molar-refractivity contribution >= 4 is 46.7 Å². The standard InChI is InChI=1S/C14H19Cl3N2/c1-2-3-4-5-6-7-8-18-19-14-12(16)9-11(15)10-13(14)17/h8-10,19H,2-7H2,1H3. The maximum absolute atomic E-state index is 6.03. The van der Waals surface area contributed by atoms with Crippen LogP contribution in [0.25, 0.3) is 0 Å². The molecule has 5 heteroatoms. The number of halogens is 3. The van der Waals surface area contributed by atoms with E-state index in [2.05, 4.69) is 17.5 Å². The van der Waals surface area contributed by atoms with Gasteiger partial charge >= 0.3 is 0 Å². The predicted octanol–water partition coefficient (Wildman–Crippen LogP) is 6.41. The molecular formula is C14H19Cl3N2. The van der Waals surface area contributed by atoms with Crippen LogP contribution in [0, 0.1) is 0 Å². The predicted molar refractivity (Wildman–Crippen MR) is 87.0 cm³/mol. The summed E-state index contributed by atoms with van der Waals surface area (Å²) < 4.78 is 0. The summed E-state index contributed by atoms with van der Waals surface area (Å²) in [5.74, 6) is 0. The van der Waals surface area contributed by atoms with E-state index in [4.69, 9.17) is 34.8 Å². The molecule has 1 aromatic carbocycles. The lowest BCUT2D eigenvalue weighted by molar-refractivity contribution is 0.645. The molecule has 106 valence electrons. The topological polar surface area (TPSA) is 24.4 Å². The third-order valence-corrected chi connectivity index (χ3v) is 3.53. The molecule has 0 aromatic heterocycles. The molecule has 2 nitrogen and oxygen atoms in total. The van der Waals surface area contributed by atoms with Crippen LogP contribution in [0.1, 0.15) is 45.4 Å². The van der Waals surface area contributed by atoms with Gasteiger partial charge in [-0.25, -0.2) is 0 Å². The zero-order valence-corrected chi connectivity index (χ0v) is 13.3. The number of unbranched alkanes of at least 4 members (excludes halogenated alkanes) is 5. The van der Waals surface area contributed by atoms with Crippen molar-refractivity contribution in [3.63, 3.8) is 0 Å². The van der Waals surface area contributed by atoms with Gasteiger partial charge in [0, 0.05) is 11.2 Å². The molecule has 0 radical (unpaired) electrons. The number of nitrogens with zero attached hydrogens (tertiary/aromatic N) is 1. The number of hydrogen-bond acceptors (Lipinski definition) is 2. The van der Waals surface area contributed by atoms with Gasteiger partial charge in [-0.3, -0.25) is 5.43 Å². The zero-order valence-electron chi connectivity index (χ0n) is 11.1. The average molecular weight is 322 g/mol. The highest BCUT2D eigenvalue weighted by Crippen LogP contribution is 2.33. The normalized spacial score (nSPS) is 11.2. The third kappa shape index (κ3) is 6.51. The van der Waals surface area contributed by atoms with E-state index in [9.17, 15) is 0 Å². The fourth-order valence-electron chi connectivity index (χ4n) is 1.66. The Labute approximate surface area is 130 Å². The highest BCUT2D eigenvalue weighted by atomic mass is 35.5. The molecule has 0 unspecified atom stereocenters. The molecule has 0 aliphatic heterocycles. The van der Waals surface area contributed by atoms with E-state index in [1.165, 1.54) is 25.7 Å². The summed E-state index contributed by atoms with van der Waals surface area (Å²) in [5, 5.41) is 5.58. The molecule has 1 N–H and O–H groups in total. The Bertz CT molecular complexity index is 396. The van der Waals surface area contributed by atoms with Crippen molar-refractivity contribution in [3.05, 3.63) is 27.2 Å². The first-order valence-electron chi connectivity index (χ1n) is 6.57. The van der Waals surface area contributed by atoms with Crippen molar-refractivity contribution in [2.45, 2.75) is 45.4 Å². The highest BCUT2D eigenvalue weighted by Gasteiger charge is 2.06. The van der Waals surface area contributed by atoms with Crippen LogP contribution in [-0.2, 0) is 0 Å². The Kier molecular flexibility index (Phi) is 8.27. The zero-order chi connectivity index (χ0) is 14.1. The maximum Gasteiger partial charge on any atom is 0.0935 e. The monoisotopic (exact) mass is 320 g/mol. The summed E-state index contributed by atoms with van der Waals surface area (Å²) in [7, 11) is 0. The fourth-order valence-corrected chi connectivity index (χ4v) is 2.56. The minimum atomic E-state index is 0.470. The molecular weight excluding hydrogens is 303 g/mol. The number of rotatable bonds is 8. The van der Waals surface area contributed by atoms with Gasteiger partial charge < -0.3 is 0 Å². The van der Waals surface area contributed by atoms with Crippen molar-refractivity contribution in [2.24, 2.45) is 5.10 Å². The maximum atomic E-state index is 6.03. The van der Waals surface area contributed by atoms with Crippen LogP contribution in [0.2, 0.25) is 15.1 Å². The quantitative estimate of drug-likeness (QED) is 0.334. The molecule has 1 rings (SSSR count).